The van der Waals surface area contributed by atoms with Gasteiger partial charge in [-0.25, -0.2) is 0 Å². The van der Waals surface area contributed by atoms with Crippen LogP contribution in [-0.2, 0) is 15.9 Å². The van der Waals surface area contributed by atoms with Gasteiger partial charge in [-0.1, -0.05) is 30.3 Å². The van der Waals surface area contributed by atoms with E-state index >= 15 is 0 Å². The molecule has 0 aliphatic carbocycles. The van der Waals surface area contributed by atoms with Gasteiger partial charge in [0.25, 0.3) is 0 Å². The molecule has 0 saturated carbocycles. The molecule has 0 radical (unpaired) electrons. The summed E-state index contributed by atoms with van der Waals surface area (Å²) in [6, 6.07) is 9.96. The van der Waals surface area contributed by atoms with E-state index in [0.29, 0.717) is 32.8 Å². The molecule has 0 aliphatic heterocycles. The molecule has 0 amide bonds. The maximum Gasteiger partial charge on any atom is 0.191 e. The Morgan fingerprint density at radius 1 is 1.17 bits per heavy atom. The van der Waals surface area contributed by atoms with Crippen molar-refractivity contribution in [1.29, 1.82) is 0 Å². The Bertz CT molecular complexity index is 440. The highest BCUT2D eigenvalue weighted by Crippen LogP contribution is 2.03. The van der Waals surface area contributed by atoms with Gasteiger partial charge in [0.2, 0.25) is 0 Å². The van der Waals surface area contributed by atoms with E-state index in [1.807, 2.05) is 37.3 Å². The summed E-state index contributed by atoms with van der Waals surface area (Å²) in [4.78, 5) is 4.44. The average Bonchev–Trinajstić information content (AvgIpc) is 2.59. The SMILES string of the molecule is CCNC(=NCC(O)Cc1ccccc1)NCCCOCCOC. The minimum Gasteiger partial charge on any atom is -0.391 e. The second-order valence-corrected chi connectivity index (χ2v) is 5.45. The first-order valence-electron chi connectivity index (χ1n) is 8.57. The van der Waals surface area contributed by atoms with Crippen molar-refractivity contribution in [1.82, 2.24) is 10.6 Å². The number of nitrogens with one attached hydrogen (secondary N) is 2. The van der Waals surface area contributed by atoms with Crippen LogP contribution < -0.4 is 10.6 Å². The molecular formula is C18H31N3O3. The van der Waals surface area contributed by atoms with Gasteiger partial charge in [-0.2, -0.15) is 0 Å². The zero-order valence-corrected chi connectivity index (χ0v) is 14.8. The highest BCUT2D eigenvalue weighted by Gasteiger charge is 2.05. The Morgan fingerprint density at radius 3 is 2.67 bits per heavy atom. The Labute approximate surface area is 145 Å². The second-order valence-electron chi connectivity index (χ2n) is 5.45. The van der Waals surface area contributed by atoms with E-state index < -0.39 is 6.10 Å². The predicted octanol–water partition coefficient (Wildman–Crippen LogP) is 1.20. The largest absolute Gasteiger partial charge is 0.391 e. The lowest BCUT2D eigenvalue weighted by atomic mass is 10.1. The van der Waals surface area contributed by atoms with E-state index in [1.165, 1.54) is 0 Å². The van der Waals surface area contributed by atoms with E-state index in [4.69, 9.17) is 9.47 Å². The number of methoxy groups -OCH3 is 1. The molecule has 0 saturated heterocycles. The lowest BCUT2D eigenvalue weighted by Crippen LogP contribution is -2.38. The van der Waals surface area contributed by atoms with Crippen molar-refractivity contribution in [2.24, 2.45) is 4.99 Å². The van der Waals surface area contributed by atoms with Crippen molar-refractivity contribution in [3.05, 3.63) is 35.9 Å². The van der Waals surface area contributed by atoms with Crippen molar-refractivity contribution in [3.8, 4) is 0 Å². The summed E-state index contributed by atoms with van der Waals surface area (Å²) in [5.41, 5.74) is 1.12. The van der Waals surface area contributed by atoms with Crippen LogP contribution in [0.25, 0.3) is 0 Å². The second kappa shape index (κ2) is 13.8. The molecule has 0 bridgehead atoms. The van der Waals surface area contributed by atoms with Crippen LogP contribution in [0.15, 0.2) is 35.3 Å². The fourth-order valence-electron chi connectivity index (χ4n) is 2.11. The molecule has 6 nitrogen and oxygen atoms in total. The van der Waals surface area contributed by atoms with Crippen LogP contribution in [0.3, 0.4) is 0 Å². The number of nitrogens with zero attached hydrogens (tertiary/aromatic N) is 1. The molecule has 1 unspecified atom stereocenters. The van der Waals surface area contributed by atoms with Crippen molar-refractivity contribution in [2.75, 3.05) is 46.6 Å². The molecule has 24 heavy (non-hydrogen) atoms. The molecule has 1 atom stereocenters. The van der Waals surface area contributed by atoms with Crippen LogP contribution in [0.1, 0.15) is 18.9 Å². The van der Waals surface area contributed by atoms with Crippen LogP contribution in [0.2, 0.25) is 0 Å². The molecule has 0 aliphatic rings. The summed E-state index contributed by atoms with van der Waals surface area (Å²) in [6.45, 7) is 5.87. The van der Waals surface area contributed by atoms with Crippen LogP contribution in [0.4, 0.5) is 0 Å². The number of aliphatic hydroxyl groups excluding tert-OH is 1. The Balaban J connectivity index is 2.25. The predicted molar refractivity (Wildman–Crippen MR) is 97.4 cm³/mol. The van der Waals surface area contributed by atoms with Gasteiger partial charge < -0.3 is 25.2 Å². The molecule has 0 spiro atoms. The monoisotopic (exact) mass is 337 g/mol. The number of aliphatic hydroxyl groups is 1. The van der Waals surface area contributed by atoms with Gasteiger partial charge in [-0.15, -0.1) is 0 Å². The highest BCUT2D eigenvalue weighted by atomic mass is 16.5. The van der Waals surface area contributed by atoms with E-state index in [0.717, 1.165) is 31.0 Å². The molecular weight excluding hydrogens is 306 g/mol. The first kappa shape index (κ1) is 20.4. The molecule has 1 aromatic rings. The van der Waals surface area contributed by atoms with Crippen LogP contribution in [0.5, 0.6) is 0 Å². The molecule has 1 rings (SSSR count). The normalized spacial score (nSPS) is 12.9. The summed E-state index contributed by atoms with van der Waals surface area (Å²) in [6.07, 6.45) is 1.01. The first-order chi connectivity index (χ1) is 11.8. The van der Waals surface area contributed by atoms with Gasteiger partial charge in [0.15, 0.2) is 5.96 Å². The molecule has 0 aromatic heterocycles. The van der Waals surface area contributed by atoms with E-state index in [1.54, 1.807) is 7.11 Å². The zero-order chi connectivity index (χ0) is 17.5. The molecule has 0 heterocycles. The fraction of sp³-hybridized carbons (Fsp3) is 0.611. The topological polar surface area (TPSA) is 75.1 Å². The lowest BCUT2D eigenvalue weighted by Gasteiger charge is -2.13. The smallest absolute Gasteiger partial charge is 0.191 e. The third kappa shape index (κ3) is 10.2. The molecule has 0 fully saturated rings. The summed E-state index contributed by atoms with van der Waals surface area (Å²) in [5, 5.41) is 16.5. The third-order valence-electron chi connectivity index (χ3n) is 3.31. The zero-order valence-electron chi connectivity index (χ0n) is 14.8. The van der Waals surface area contributed by atoms with Gasteiger partial charge in [0, 0.05) is 33.2 Å². The molecule has 1 aromatic carbocycles. The number of hydrogen-bond acceptors (Lipinski definition) is 4. The summed E-state index contributed by atoms with van der Waals surface area (Å²) < 4.78 is 10.3. The first-order valence-corrected chi connectivity index (χ1v) is 8.57. The summed E-state index contributed by atoms with van der Waals surface area (Å²) in [7, 11) is 1.66. The van der Waals surface area contributed by atoms with Crippen molar-refractivity contribution < 1.29 is 14.6 Å². The number of benzene rings is 1. The van der Waals surface area contributed by atoms with Crippen LogP contribution in [0, 0.1) is 0 Å². The van der Waals surface area contributed by atoms with E-state index in [9.17, 15) is 5.11 Å². The molecule has 3 N–H and O–H groups in total. The number of ether oxygens (including phenoxy) is 2. The highest BCUT2D eigenvalue weighted by molar-refractivity contribution is 5.79. The van der Waals surface area contributed by atoms with Crippen LogP contribution >= 0.6 is 0 Å². The van der Waals surface area contributed by atoms with Gasteiger partial charge in [-0.3, -0.25) is 4.99 Å². The Hall–Kier alpha value is -1.63. The number of hydrogen-bond donors (Lipinski definition) is 3. The van der Waals surface area contributed by atoms with Gasteiger partial charge in [0.05, 0.1) is 25.9 Å². The van der Waals surface area contributed by atoms with Gasteiger partial charge >= 0.3 is 0 Å². The third-order valence-corrected chi connectivity index (χ3v) is 3.31. The minimum atomic E-state index is -0.486. The average molecular weight is 337 g/mol. The van der Waals surface area contributed by atoms with E-state index in [2.05, 4.69) is 15.6 Å². The standard InChI is InChI=1S/C18H31N3O3/c1-3-19-18(20-10-7-11-24-13-12-23-2)21-15-17(22)14-16-8-5-4-6-9-16/h4-6,8-9,17,22H,3,7,10-15H2,1-2H3,(H2,19,20,21). The van der Waals surface area contributed by atoms with Gasteiger partial charge in [-0.05, 0) is 18.9 Å². The molecule has 136 valence electrons. The lowest BCUT2D eigenvalue weighted by molar-refractivity contribution is 0.0698. The minimum absolute atomic E-state index is 0.370. The summed E-state index contributed by atoms with van der Waals surface area (Å²) in [5.74, 6) is 0.724. The number of guanidine groups is 1. The quantitative estimate of drug-likeness (QED) is 0.304. The van der Waals surface area contributed by atoms with Crippen molar-refractivity contribution in [2.45, 2.75) is 25.9 Å². The maximum atomic E-state index is 10.1. The van der Waals surface area contributed by atoms with E-state index in [-0.39, 0.29) is 0 Å². The number of aliphatic imine (C=N–C) groups is 1. The van der Waals surface area contributed by atoms with Gasteiger partial charge in [0.1, 0.15) is 0 Å². The Morgan fingerprint density at radius 2 is 1.96 bits per heavy atom. The number of rotatable bonds is 12. The molecule has 6 heteroatoms. The van der Waals surface area contributed by atoms with Crippen molar-refractivity contribution >= 4 is 5.96 Å². The fourth-order valence-corrected chi connectivity index (χ4v) is 2.11. The summed E-state index contributed by atoms with van der Waals surface area (Å²) >= 11 is 0. The maximum absolute atomic E-state index is 10.1. The van der Waals surface area contributed by atoms with Crippen LogP contribution in [-0.4, -0.2) is 63.7 Å². The van der Waals surface area contributed by atoms with Crippen molar-refractivity contribution in [3.63, 3.8) is 0 Å². The Kier molecular flexibility index (Phi) is 11.7.